The summed E-state index contributed by atoms with van der Waals surface area (Å²) in [6.07, 6.45) is 5.41. The molecule has 0 bridgehead atoms. The Kier molecular flexibility index (Phi) is 1.69. The van der Waals surface area contributed by atoms with Gasteiger partial charge in [-0.3, -0.25) is 0 Å². The Morgan fingerprint density at radius 2 is 2.20 bits per heavy atom. The van der Waals surface area contributed by atoms with E-state index < -0.39 is 0 Å². The van der Waals surface area contributed by atoms with Crippen LogP contribution >= 0.6 is 0 Å². The van der Waals surface area contributed by atoms with Gasteiger partial charge in [-0.2, -0.15) is 0 Å². The highest BCUT2D eigenvalue weighted by Gasteiger charge is 2.39. The lowest BCUT2D eigenvalue weighted by Crippen LogP contribution is -2.22. The Balaban J connectivity index is 1.78. The Bertz CT molecular complexity index is 133. The molecule has 1 nitrogen and oxygen atoms in total. The molecule has 0 saturated heterocycles. The van der Waals surface area contributed by atoms with Crippen molar-refractivity contribution in [1.29, 1.82) is 0 Å². The summed E-state index contributed by atoms with van der Waals surface area (Å²) in [6, 6.07) is 1.57. The SMILES string of the molecule is CCC1CC1N([S-])C1CC1. The van der Waals surface area contributed by atoms with Crippen LogP contribution in [-0.2, 0) is 12.8 Å². The Hall–Kier alpha value is 0.310. The van der Waals surface area contributed by atoms with Crippen molar-refractivity contribution in [2.45, 2.75) is 44.7 Å². The van der Waals surface area contributed by atoms with Crippen molar-refractivity contribution < 1.29 is 0 Å². The summed E-state index contributed by atoms with van der Waals surface area (Å²) >= 11 is 5.29. The summed E-state index contributed by atoms with van der Waals surface area (Å²) in [6.45, 7) is 2.26. The fourth-order valence-corrected chi connectivity index (χ4v) is 2.05. The summed E-state index contributed by atoms with van der Waals surface area (Å²) in [4.78, 5) is 0. The predicted molar refractivity (Wildman–Crippen MR) is 44.4 cm³/mol. The maximum absolute atomic E-state index is 5.29. The second-order valence-electron chi connectivity index (χ2n) is 3.56. The Labute approximate surface area is 68.3 Å². The first-order chi connectivity index (χ1) is 4.83. The molecule has 2 aliphatic carbocycles. The lowest BCUT2D eigenvalue weighted by molar-refractivity contribution is 0.431. The average Bonchev–Trinajstić information content (AvgIpc) is 2.83. The highest BCUT2D eigenvalue weighted by molar-refractivity contribution is 7.56. The molecule has 0 aliphatic heterocycles. The highest BCUT2D eigenvalue weighted by Crippen LogP contribution is 2.42. The molecule has 0 radical (unpaired) electrons. The summed E-state index contributed by atoms with van der Waals surface area (Å²) in [5.41, 5.74) is 0. The zero-order valence-corrected chi connectivity index (χ0v) is 7.23. The maximum Gasteiger partial charge on any atom is -0.00870 e. The molecule has 2 rings (SSSR count). The molecule has 2 heteroatoms. The van der Waals surface area contributed by atoms with Crippen LogP contribution in [0, 0.1) is 5.92 Å². The van der Waals surface area contributed by atoms with Crippen molar-refractivity contribution in [1.82, 2.24) is 4.31 Å². The summed E-state index contributed by atoms with van der Waals surface area (Å²) in [7, 11) is 0. The third-order valence-electron chi connectivity index (χ3n) is 2.64. The molecule has 0 amide bonds. The van der Waals surface area contributed by atoms with Gasteiger partial charge in [0.05, 0.1) is 0 Å². The summed E-state index contributed by atoms with van der Waals surface area (Å²) in [5, 5.41) is 0. The Morgan fingerprint density at radius 1 is 1.50 bits per heavy atom. The maximum atomic E-state index is 5.29. The van der Waals surface area contributed by atoms with Crippen LogP contribution in [0.15, 0.2) is 0 Å². The first-order valence-electron chi connectivity index (χ1n) is 4.28. The van der Waals surface area contributed by atoms with Gasteiger partial charge in [-0.15, -0.1) is 0 Å². The minimum absolute atomic E-state index is 0.785. The summed E-state index contributed by atoms with van der Waals surface area (Å²) < 4.78 is 2.19. The van der Waals surface area contributed by atoms with E-state index in [1.807, 2.05) is 0 Å². The molecule has 2 aliphatic rings. The topological polar surface area (TPSA) is 3.24 Å². The van der Waals surface area contributed by atoms with Crippen molar-refractivity contribution in [3.05, 3.63) is 0 Å². The zero-order chi connectivity index (χ0) is 7.14. The number of hydrogen-bond acceptors (Lipinski definition) is 2. The monoisotopic (exact) mass is 156 g/mol. The molecule has 0 heterocycles. The quantitative estimate of drug-likeness (QED) is 0.572. The van der Waals surface area contributed by atoms with Crippen LogP contribution in [0.5, 0.6) is 0 Å². The first kappa shape index (κ1) is 6.99. The lowest BCUT2D eigenvalue weighted by atomic mass is 10.3. The van der Waals surface area contributed by atoms with E-state index >= 15 is 0 Å². The largest absolute Gasteiger partial charge is 0.701 e. The van der Waals surface area contributed by atoms with E-state index in [4.69, 9.17) is 12.8 Å². The van der Waals surface area contributed by atoms with Crippen LogP contribution < -0.4 is 0 Å². The van der Waals surface area contributed by atoms with Crippen LogP contribution in [0.4, 0.5) is 0 Å². The van der Waals surface area contributed by atoms with Crippen LogP contribution in [0.3, 0.4) is 0 Å². The molecule has 58 valence electrons. The molecule has 0 spiro atoms. The van der Waals surface area contributed by atoms with Crippen molar-refractivity contribution in [2.24, 2.45) is 5.92 Å². The van der Waals surface area contributed by atoms with Gasteiger partial charge in [-0.05, 0) is 37.3 Å². The first-order valence-corrected chi connectivity index (χ1v) is 4.65. The molecule has 0 aromatic rings. The van der Waals surface area contributed by atoms with Gasteiger partial charge in [-0.1, -0.05) is 13.3 Å². The van der Waals surface area contributed by atoms with Gasteiger partial charge in [-0.25, -0.2) is 0 Å². The van der Waals surface area contributed by atoms with Crippen molar-refractivity contribution >= 4 is 12.8 Å². The van der Waals surface area contributed by atoms with Gasteiger partial charge in [0.15, 0.2) is 0 Å². The van der Waals surface area contributed by atoms with E-state index in [0.29, 0.717) is 0 Å². The van der Waals surface area contributed by atoms with E-state index in [1.54, 1.807) is 0 Å². The standard InChI is InChI=1S/C8H14NS/c1-2-6-5-8(6)9(10)7-3-4-7/h6-8H,2-5H2,1H3/q-1. The molecule has 0 aromatic heterocycles. The van der Waals surface area contributed by atoms with Crippen LogP contribution in [0.25, 0.3) is 0 Å². The molecule has 0 N–H and O–H groups in total. The number of nitrogens with zero attached hydrogens (tertiary/aromatic N) is 1. The second kappa shape index (κ2) is 2.42. The number of hydrogen-bond donors (Lipinski definition) is 0. The zero-order valence-electron chi connectivity index (χ0n) is 6.42. The van der Waals surface area contributed by atoms with Gasteiger partial charge in [0.2, 0.25) is 0 Å². The normalized spacial score (nSPS) is 38.7. The molecular formula is C8H14NS-. The van der Waals surface area contributed by atoms with Crippen molar-refractivity contribution in [3.63, 3.8) is 0 Å². The van der Waals surface area contributed by atoms with E-state index in [1.165, 1.54) is 25.7 Å². The smallest absolute Gasteiger partial charge is 0.00870 e. The van der Waals surface area contributed by atoms with E-state index in [2.05, 4.69) is 11.2 Å². The number of rotatable bonds is 3. The van der Waals surface area contributed by atoms with Gasteiger partial charge in [0, 0.05) is 0 Å². The molecule has 2 fully saturated rings. The Morgan fingerprint density at radius 3 is 2.60 bits per heavy atom. The van der Waals surface area contributed by atoms with E-state index in [0.717, 1.165) is 18.0 Å². The molecule has 0 aromatic carbocycles. The van der Waals surface area contributed by atoms with E-state index in [9.17, 15) is 0 Å². The molecular weight excluding hydrogens is 142 g/mol. The molecule has 10 heavy (non-hydrogen) atoms. The molecule has 2 saturated carbocycles. The molecule has 2 unspecified atom stereocenters. The van der Waals surface area contributed by atoms with Crippen LogP contribution in [-0.4, -0.2) is 16.4 Å². The highest BCUT2D eigenvalue weighted by atomic mass is 32.1. The average molecular weight is 156 g/mol. The minimum atomic E-state index is 0.785. The van der Waals surface area contributed by atoms with Gasteiger partial charge < -0.3 is 17.1 Å². The predicted octanol–water partition coefficient (Wildman–Crippen LogP) is 1.71. The molecule has 2 atom stereocenters. The lowest BCUT2D eigenvalue weighted by Gasteiger charge is -2.29. The third-order valence-corrected chi connectivity index (χ3v) is 3.21. The fourth-order valence-electron chi connectivity index (χ4n) is 1.58. The van der Waals surface area contributed by atoms with E-state index in [-0.39, 0.29) is 0 Å². The van der Waals surface area contributed by atoms with Crippen molar-refractivity contribution in [3.8, 4) is 0 Å². The second-order valence-corrected chi connectivity index (χ2v) is 3.98. The van der Waals surface area contributed by atoms with Gasteiger partial charge >= 0.3 is 0 Å². The third kappa shape index (κ3) is 1.19. The van der Waals surface area contributed by atoms with Crippen molar-refractivity contribution in [2.75, 3.05) is 0 Å². The van der Waals surface area contributed by atoms with Crippen LogP contribution in [0.2, 0.25) is 0 Å². The van der Waals surface area contributed by atoms with Crippen LogP contribution in [0.1, 0.15) is 32.6 Å². The van der Waals surface area contributed by atoms with Gasteiger partial charge in [0.25, 0.3) is 0 Å². The fraction of sp³-hybridized carbons (Fsp3) is 1.00. The minimum Gasteiger partial charge on any atom is -0.701 e. The van der Waals surface area contributed by atoms with Gasteiger partial charge in [0.1, 0.15) is 0 Å². The summed E-state index contributed by atoms with van der Waals surface area (Å²) in [5.74, 6) is 0.943.